The molecule has 0 bridgehead atoms. The normalized spacial score (nSPS) is 10.3. The number of aromatic nitrogens is 2. The molecular formula is C14H19N5O. The van der Waals surface area contributed by atoms with Crippen LogP contribution in [-0.4, -0.2) is 17.1 Å². The van der Waals surface area contributed by atoms with Gasteiger partial charge in [0.2, 0.25) is 0 Å². The Morgan fingerprint density at radius 1 is 1.20 bits per heavy atom. The summed E-state index contributed by atoms with van der Waals surface area (Å²) in [6.45, 7) is 3.12. The van der Waals surface area contributed by atoms with Crippen molar-refractivity contribution < 1.29 is 4.74 Å². The van der Waals surface area contributed by atoms with Crippen LogP contribution in [0.1, 0.15) is 17.0 Å². The molecule has 0 spiro atoms. The van der Waals surface area contributed by atoms with Gasteiger partial charge in [0.15, 0.2) is 5.82 Å². The maximum Gasteiger partial charge on any atom is 0.158 e. The van der Waals surface area contributed by atoms with Crippen molar-refractivity contribution in [1.29, 1.82) is 0 Å². The molecule has 0 unspecified atom stereocenters. The minimum absolute atomic E-state index is 0.342. The van der Waals surface area contributed by atoms with E-state index < -0.39 is 0 Å². The minimum atomic E-state index is 0.342. The number of hydrogen-bond acceptors (Lipinski definition) is 6. The maximum atomic E-state index is 5.41. The summed E-state index contributed by atoms with van der Waals surface area (Å²) in [6, 6.07) is 9.98. The Labute approximate surface area is 118 Å². The summed E-state index contributed by atoms with van der Waals surface area (Å²) >= 11 is 0. The average Bonchev–Trinajstić information content (AvgIpc) is 2.46. The van der Waals surface area contributed by atoms with Crippen LogP contribution in [0, 0.1) is 6.92 Å². The van der Waals surface area contributed by atoms with E-state index in [2.05, 4.69) is 39.8 Å². The number of aryl methyl sites for hydroxylation is 1. The third-order valence-electron chi connectivity index (χ3n) is 2.91. The highest BCUT2D eigenvalue weighted by Crippen LogP contribution is 2.14. The van der Waals surface area contributed by atoms with E-state index in [1.165, 1.54) is 11.1 Å². The molecule has 20 heavy (non-hydrogen) atoms. The number of hydrogen-bond donors (Lipinski definition) is 3. The molecule has 0 saturated carbocycles. The van der Waals surface area contributed by atoms with E-state index in [9.17, 15) is 0 Å². The van der Waals surface area contributed by atoms with Crippen LogP contribution in [0.15, 0.2) is 30.3 Å². The lowest BCUT2D eigenvalue weighted by Crippen LogP contribution is -2.12. The fourth-order valence-corrected chi connectivity index (χ4v) is 1.85. The fourth-order valence-electron chi connectivity index (χ4n) is 1.85. The zero-order valence-corrected chi connectivity index (χ0v) is 11.7. The predicted molar refractivity (Wildman–Crippen MR) is 79.1 cm³/mol. The van der Waals surface area contributed by atoms with Crippen LogP contribution in [0.4, 0.5) is 11.6 Å². The Balaban J connectivity index is 2.12. The van der Waals surface area contributed by atoms with Crippen molar-refractivity contribution in [2.75, 3.05) is 17.9 Å². The molecule has 0 aliphatic rings. The zero-order chi connectivity index (χ0) is 14.4. The second-order valence-electron chi connectivity index (χ2n) is 4.41. The van der Waals surface area contributed by atoms with Gasteiger partial charge in [-0.25, -0.2) is 15.8 Å². The van der Waals surface area contributed by atoms with E-state index in [0.29, 0.717) is 30.6 Å². The molecule has 0 amide bonds. The summed E-state index contributed by atoms with van der Waals surface area (Å²) in [4.78, 5) is 8.58. The van der Waals surface area contributed by atoms with Gasteiger partial charge in [-0.2, -0.15) is 0 Å². The molecule has 0 saturated heterocycles. The molecule has 4 N–H and O–H groups in total. The van der Waals surface area contributed by atoms with Crippen molar-refractivity contribution >= 4 is 11.6 Å². The number of hydrazine groups is 1. The van der Waals surface area contributed by atoms with Gasteiger partial charge < -0.3 is 15.5 Å². The van der Waals surface area contributed by atoms with E-state index in [4.69, 9.17) is 10.6 Å². The van der Waals surface area contributed by atoms with E-state index >= 15 is 0 Å². The molecule has 6 heteroatoms. The molecule has 2 rings (SSSR count). The Morgan fingerprint density at radius 3 is 2.65 bits per heavy atom. The largest absolute Gasteiger partial charge is 0.377 e. The number of nitrogens with two attached hydrogens (primary N) is 1. The first-order valence-corrected chi connectivity index (χ1v) is 6.35. The highest BCUT2D eigenvalue weighted by molar-refractivity contribution is 5.47. The van der Waals surface area contributed by atoms with Crippen LogP contribution >= 0.6 is 0 Å². The van der Waals surface area contributed by atoms with Crippen molar-refractivity contribution in [3.8, 4) is 0 Å². The standard InChI is InChI=1S/C14H19N5O/c1-10-5-3-4-6-11(10)8-16-12-7-13(19-15)18-14(17-12)9-20-2/h3-7H,8-9,15H2,1-2H3,(H2,16,17,18,19). The second-order valence-corrected chi connectivity index (χ2v) is 4.41. The first-order chi connectivity index (χ1) is 9.72. The summed E-state index contributed by atoms with van der Waals surface area (Å²) in [5.41, 5.74) is 4.99. The monoisotopic (exact) mass is 273 g/mol. The first-order valence-electron chi connectivity index (χ1n) is 6.35. The fraction of sp³-hybridized carbons (Fsp3) is 0.286. The van der Waals surface area contributed by atoms with Crippen LogP contribution in [0.2, 0.25) is 0 Å². The molecular weight excluding hydrogens is 254 g/mol. The van der Waals surface area contributed by atoms with Gasteiger partial charge in [-0.15, -0.1) is 0 Å². The molecule has 1 aromatic heterocycles. The van der Waals surface area contributed by atoms with E-state index in [1.807, 2.05) is 12.1 Å². The summed E-state index contributed by atoms with van der Waals surface area (Å²) in [5, 5.41) is 3.27. The molecule has 0 fully saturated rings. The Bertz CT molecular complexity index is 573. The van der Waals surface area contributed by atoms with Gasteiger partial charge in [-0.3, -0.25) is 0 Å². The van der Waals surface area contributed by atoms with Crippen molar-refractivity contribution in [3.05, 3.63) is 47.3 Å². The third kappa shape index (κ3) is 3.66. The van der Waals surface area contributed by atoms with Crippen molar-refractivity contribution in [2.45, 2.75) is 20.1 Å². The molecule has 0 atom stereocenters. The van der Waals surface area contributed by atoms with Gasteiger partial charge in [0.25, 0.3) is 0 Å². The number of rotatable bonds is 6. The van der Waals surface area contributed by atoms with Crippen molar-refractivity contribution in [2.24, 2.45) is 5.84 Å². The molecule has 106 valence electrons. The van der Waals surface area contributed by atoms with Crippen LogP contribution in [0.25, 0.3) is 0 Å². The van der Waals surface area contributed by atoms with Crippen LogP contribution < -0.4 is 16.6 Å². The minimum Gasteiger partial charge on any atom is -0.377 e. The first kappa shape index (κ1) is 14.2. The molecule has 1 heterocycles. The second kappa shape index (κ2) is 6.83. The summed E-state index contributed by atoms with van der Waals surface area (Å²) in [5.74, 6) is 7.25. The third-order valence-corrected chi connectivity index (χ3v) is 2.91. The van der Waals surface area contributed by atoms with Gasteiger partial charge >= 0.3 is 0 Å². The number of nitrogens with zero attached hydrogens (tertiary/aromatic N) is 2. The summed E-state index contributed by atoms with van der Waals surface area (Å²) < 4.78 is 5.04. The van der Waals surface area contributed by atoms with Gasteiger partial charge in [-0.05, 0) is 18.1 Å². The Hall–Kier alpha value is -2.18. The molecule has 0 aliphatic heterocycles. The number of nitrogens with one attached hydrogen (secondary N) is 2. The van der Waals surface area contributed by atoms with Crippen LogP contribution in [0.5, 0.6) is 0 Å². The molecule has 1 aromatic carbocycles. The number of nitrogen functional groups attached to an aromatic ring is 1. The van der Waals surface area contributed by atoms with Crippen LogP contribution in [0.3, 0.4) is 0 Å². The van der Waals surface area contributed by atoms with E-state index in [-0.39, 0.29) is 0 Å². The van der Waals surface area contributed by atoms with Crippen molar-refractivity contribution in [1.82, 2.24) is 9.97 Å². The van der Waals surface area contributed by atoms with E-state index in [1.54, 1.807) is 13.2 Å². The maximum absolute atomic E-state index is 5.41. The molecule has 0 radical (unpaired) electrons. The van der Waals surface area contributed by atoms with Gasteiger partial charge in [-0.1, -0.05) is 24.3 Å². The molecule has 0 aliphatic carbocycles. The molecule has 2 aromatic rings. The lowest BCUT2D eigenvalue weighted by molar-refractivity contribution is 0.178. The number of anilines is 2. The lowest BCUT2D eigenvalue weighted by Gasteiger charge is -2.10. The zero-order valence-electron chi connectivity index (χ0n) is 11.7. The lowest BCUT2D eigenvalue weighted by atomic mass is 10.1. The molecule has 6 nitrogen and oxygen atoms in total. The van der Waals surface area contributed by atoms with Gasteiger partial charge in [0.05, 0.1) is 0 Å². The van der Waals surface area contributed by atoms with Crippen LogP contribution in [-0.2, 0) is 17.9 Å². The predicted octanol–water partition coefficient (Wildman–Crippen LogP) is 1.83. The topological polar surface area (TPSA) is 85.1 Å². The highest BCUT2D eigenvalue weighted by atomic mass is 16.5. The highest BCUT2D eigenvalue weighted by Gasteiger charge is 2.04. The summed E-state index contributed by atoms with van der Waals surface area (Å²) in [6.07, 6.45) is 0. The smallest absolute Gasteiger partial charge is 0.158 e. The van der Waals surface area contributed by atoms with Crippen molar-refractivity contribution in [3.63, 3.8) is 0 Å². The quantitative estimate of drug-likeness (QED) is 0.550. The Kier molecular flexibility index (Phi) is 4.86. The average molecular weight is 273 g/mol. The Morgan fingerprint density at radius 2 is 1.95 bits per heavy atom. The van der Waals surface area contributed by atoms with E-state index in [0.717, 1.165) is 0 Å². The SMILES string of the molecule is COCc1nc(NN)cc(NCc2ccccc2C)n1. The number of ether oxygens (including phenoxy) is 1. The van der Waals surface area contributed by atoms with Gasteiger partial charge in [0.1, 0.15) is 18.2 Å². The number of methoxy groups -OCH3 is 1. The van der Waals surface area contributed by atoms with Gasteiger partial charge in [0, 0.05) is 19.7 Å². The summed E-state index contributed by atoms with van der Waals surface area (Å²) in [7, 11) is 1.60. The number of benzene rings is 1.